The molecular formula is C10H13N3O4S2. The summed E-state index contributed by atoms with van der Waals surface area (Å²) < 4.78 is 0. The molecule has 0 aromatic heterocycles. The van der Waals surface area contributed by atoms with Crippen LogP contribution in [0.4, 0.5) is 10.5 Å². The molecule has 0 radical (unpaired) electrons. The van der Waals surface area contributed by atoms with Crippen LogP contribution in [0.25, 0.3) is 0 Å². The lowest BCUT2D eigenvalue weighted by molar-refractivity contribution is -0.384. The van der Waals surface area contributed by atoms with Crippen LogP contribution in [-0.2, 0) is 11.4 Å². The minimum absolute atomic E-state index is 0.00841. The quantitative estimate of drug-likeness (QED) is 0.246. The predicted octanol–water partition coefficient (Wildman–Crippen LogP) is 2.25. The summed E-state index contributed by atoms with van der Waals surface area (Å²) in [5.74, 6) is 0. The minimum Gasteiger partial charge on any atom is -0.324 e. The van der Waals surface area contributed by atoms with Gasteiger partial charge in [0.1, 0.15) is 0 Å². The molecule has 0 aliphatic heterocycles. The van der Waals surface area contributed by atoms with Crippen LogP contribution in [0.5, 0.6) is 0 Å². The number of nitrogens with zero attached hydrogens (tertiary/aromatic N) is 1. The van der Waals surface area contributed by atoms with Crippen LogP contribution >= 0.6 is 22.5 Å². The summed E-state index contributed by atoms with van der Waals surface area (Å²) in [6.07, 6.45) is 0. The highest BCUT2D eigenvalue weighted by molar-refractivity contribution is 8.68. The molecule has 0 saturated carbocycles. The van der Waals surface area contributed by atoms with E-state index in [1.165, 1.54) is 22.9 Å². The Bertz CT molecular complexity index is 441. The molecule has 0 aliphatic rings. The van der Waals surface area contributed by atoms with Crippen molar-refractivity contribution in [1.82, 2.24) is 10.8 Å². The second kappa shape index (κ2) is 7.87. The van der Waals surface area contributed by atoms with Crippen LogP contribution < -0.4 is 10.8 Å². The molecule has 0 spiro atoms. The van der Waals surface area contributed by atoms with Crippen molar-refractivity contribution in [2.45, 2.75) is 18.9 Å². The Kier molecular flexibility index (Phi) is 6.46. The Labute approximate surface area is 119 Å². The van der Waals surface area contributed by atoms with Gasteiger partial charge in [0.2, 0.25) is 0 Å². The van der Waals surface area contributed by atoms with Gasteiger partial charge in [0.25, 0.3) is 5.69 Å². The summed E-state index contributed by atoms with van der Waals surface area (Å²) in [4.78, 5) is 26.2. The molecule has 1 aromatic carbocycles. The standard InChI is InChI=1S/C10H13N3O4S2/c1-7(19-18)11-10(14)12-17-6-8-2-4-9(5-3-8)13(15)16/h2-5,7,18H,6H2,1H3,(H2,11,12,14). The molecule has 1 unspecified atom stereocenters. The van der Waals surface area contributed by atoms with Crippen molar-refractivity contribution in [3.63, 3.8) is 0 Å². The average Bonchev–Trinajstić information content (AvgIpc) is 2.39. The lowest BCUT2D eigenvalue weighted by Gasteiger charge is -2.11. The molecule has 7 nitrogen and oxygen atoms in total. The van der Waals surface area contributed by atoms with Crippen molar-refractivity contribution < 1.29 is 14.6 Å². The molecule has 0 aliphatic carbocycles. The number of amides is 2. The van der Waals surface area contributed by atoms with E-state index in [4.69, 9.17) is 4.84 Å². The zero-order chi connectivity index (χ0) is 14.3. The van der Waals surface area contributed by atoms with E-state index in [-0.39, 0.29) is 17.7 Å². The van der Waals surface area contributed by atoms with E-state index >= 15 is 0 Å². The Morgan fingerprint density at radius 2 is 2.16 bits per heavy atom. The first kappa shape index (κ1) is 15.6. The predicted molar refractivity (Wildman–Crippen MR) is 75.6 cm³/mol. The molecule has 1 aromatic rings. The number of thiol groups is 1. The zero-order valence-corrected chi connectivity index (χ0v) is 11.7. The Morgan fingerprint density at radius 3 is 2.68 bits per heavy atom. The summed E-state index contributed by atoms with van der Waals surface area (Å²) >= 11 is 3.94. The van der Waals surface area contributed by atoms with E-state index in [1.54, 1.807) is 19.1 Å². The van der Waals surface area contributed by atoms with Gasteiger partial charge in [-0.05, 0) is 24.6 Å². The third-order valence-corrected chi connectivity index (χ3v) is 3.43. The van der Waals surface area contributed by atoms with Crippen molar-refractivity contribution >= 4 is 34.2 Å². The maximum absolute atomic E-state index is 11.3. The molecule has 0 bridgehead atoms. The average molecular weight is 303 g/mol. The maximum atomic E-state index is 11.3. The molecule has 104 valence electrons. The fourth-order valence-corrected chi connectivity index (χ4v) is 1.46. The summed E-state index contributed by atoms with van der Waals surface area (Å²) in [6, 6.07) is 5.39. The van der Waals surface area contributed by atoms with Crippen LogP contribution in [0.15, 0.2) is 24.3 Å². The molecular weight excluding hydrogens is 290 g/mol. The normalized spacial score (nSPS) is 11.7. The molecule has 0 saturated heterocycles. The number of non-ortho nitro benzene ring substituents is 1. The number of rotatable bonds is 6. The monoisotopic (exact) mass is 303 g/mol. The van der Waals surface area contributed by atoms with E-state index in [2.05, 4.69) is 22.5 Å². The molecule has 1 rings (SSSR count). The lowest BCUT2D eigenvalue weighted by atomic mass is 10.2. The summed E-state index contributed by atoms with van der Waals surface area (Å²) in [5.41, 5.74) is 2.92. The van der Waals surface area contributed by atoms with Gasteiger partial charge >= 0.3 is 6.03 Å². The molecule has 9 heteroatoms. The van der Waals surface area contributed by atoms with Crippen LogP contribution in [0.1, 0.15) is 12.5 Å². The summed E-state index contributed by atoms with van der Waals surface area (Å²) in [7, 11) is 1.19. The highest BCUT2D eigenvalue weighted by Gasteiger charge is 2.06. The third kappa shape index (κ3) is 5.81. The number of carbonyl (C=O) groups excluding carboxylic acids is 1. The van der Waals surface area contributed by atoms with Gasteiger partial charge in [-0.3, -0.25) is 15.0 Å². The highest BCUT2D eigenvalue weighted by atomic mass is 33.1. The number of hydroxylamine groups is 1. The fourth-order valence-electron chi connectivity index (χ4n) is 1.14. The first-order valence-corrected chi connectivity index (χ1v) is 7.18. The van der Waals surface area contributed by atoms with Crippen molar-refractivity contribution in [1.29, 1.82) is 0 Å². The lowest BCUT2D eigenvalue weighted by Crippen LogP contribution is -2.38. The smallest absolute Gasteiger partial charge is 0.324 e. The largest absolute Gasteiger partial charge is 0.339 e. The summed E-state index contributed by atoms with van der Waals surface area (Å²) in [6.45, 7) is 1.89. The fraction of sp³-hybridized carbons (Fsp3) is 0.300. The molecule has 2 amide bonds. The number of nitro groups is 1. The number of urea groups is 1. The van der Waals surface area contributed by atoms with Gasteiger partial charge in [-0.2, -0.15) is 0 Å². The summed E-state index contributed by atoms with van der Waals surface area (Å²) in [5, 5.41) is 12.9. The van der Waals surface area contributed by atoms with E-state index in [0.29, 0.717) is 5.56 Å². The van der Waals surface area contributed by atoms with Gasteiger partial charge < -0.3 is 5.32 Å². The van der Waals surface area contributed by atoms with Crippen LogP contribution in [-0.4, -0.2) is 16.3 Å². The minimum atomic E-state index is -0.479. The Morgan fingerprint density at radius 1 is 1.53 bits per heavy atom. The number of carbonyl (C=O) groups is 1. The number of hydrogen-bond donors (Lipinski definition) is 3. The van der Waals surface area contributed by atoms with Gasteiger partial charge in [-0.1, -0.05) is 10.8 Å². The SMILES string of the molecule is CC(NC(=O)NOCc1ccc([N+](=O)[O-])cc1)SS. The van der Waals surface area contributed by atoms with Gasteiger partial charge in [-0.25, -0.2) is 10.3 Å². The van der Waals surface area contributed by atoms with Crippen LogP contribution in [0.3, 0.4) is 0 Å². The van der Waals surface area contributed by atoms with Gasteiger partial charge in [0, 0.05) is 12.1 Å². The van der Waals surface area contributed by atoms with Gasteiger partial charge in [0.15, 0.2) is 0 Å². The van der Waals surface area contributed by atoms with Gasteiger partial charge in [-0.15, -0.1) is 11.7 Å². The topological polar surface area (TPSA) is 93.5 Å². The number of nitrogens with one attached hydrogen (secondary N) is 2. The molecule has 2 N–H and O–H groups in total. The van der Waals surface area contributed by atoms with Gasteiger partial charge in [0.05, 0.1) is 16.9 Å². The van der Waals surface area contributed by atoms with Crippen molar-refractivity contribution in [2.24, 2.45) is 0 Å². The molecule has 0 heterocycles. The van der Waals surface area contributed by atoms with E-state index in [9.17, 15) is 14.9 Å². The van der Waals surface area contributed by atoms with Crippen molar-refractivity contribution in [3.8, 4) is 0 Å². The second-order valence-electron chi connectivity index (χ2n) is 3.54. The highest BCUT2D eigenvalue weighted by Crippen LogP contribution is 2.12. The molecule has 1 atom stereocenters. The number of hydrogen-bond acceptors (Lipinski definition) is 6. The maximum Gasteiger partial charge on any atom is 0.339 e. The first-order valence-electron chi connectivity index (χ1n) is 5.24. The zero-order valence-electron chi connectivity index (χ0n) is 10.0. The van der Waals surface area contributed by atoms with Crippen molar-refractivity contribution in [3.05, 3.63) is 39.9 Å². The molecule has 0 fully saturated rings. The van der Waals surface area contributed by atoms with Crippen LogP contribution in [0, 0.1) is 10.1 Å². The van der Waals surface area contributed by atoms with Crippen LogP contribution in [0.2, 0.25) is 0 Å². The second-order valence-corrected chi connectivity index (χ2v) is 5.09. The van der Waals surface area contributed by atoms with E-state index in [1.807, 2.05) is 0 Å². The third-order valence-electron chi connectivity index (χ3n) is 2.04. The molecule has 19 heavy (non-hydrogen) atoms. The van der Waals surface area contributed by atoms with E-state index < -0.39 is 11.0 Å². The number of benzene rings is 1. The van der Waals surface area contributed by atoms with Crippen molar-refractivity contribution in [2.75, 3.05) is 0 Å². The van der Waals surface area contributed by atoms with E-state index in [0.717, 1.165) is 0 Å². The number of nitro benzene ring substituents is 1. The Balaban J connectivity index is 2.33. The Hall–Kier alpha value is -1.45. The first-order chi connectivity index (χ1) is 9.02.